The van der Waals surface area contributed by atoms with E-state index in [2.05, 4.69) is 29.9 Å². The standard InChI is InChI=1S/C16H17ClN2O/c1-3-14-11-15(19(2)18-14)12-20-16-9-5-4-7-13(16)8-6-10-17/h4-5,7,9,11H,3,10,12H2,1-2H3. The van der Waals surface area contributed by atoms with Crippen molar-refractivity contribution in [2.75, 3.05) is 5.88 Å². The zero-order chi connectivity index (χ0) is 14.4. The first-order valence-corrected chi connectivity index (χ1v) is 7.06. The first-order chi connectivity index (χ1) is 9.74. The summed E-state index contributed by atoms with van der Waals surface area (Å²) in [6.07, 6.45) is 0.922. The van der Waals surface area contributed by atoms with E-state index < -0.39 is 0 Å². The van der Waals surface area contributed by atoms with Crippen molar-refractivity contribution in [3.63, 3.8) is 0 Å². The van der Waals surface area contributed by atoms with E-state index in [1.807, 2.05) is 36.0 Å². The number of alkyl halides is 1. The number of ether oxygens (including phenoxy) is 1. The smallest absolute Gasteiger partial charge is 0.135 e. The Morgan fingerprint density at radius 3 is 2.85 bits per heavy atom. The topological polar surface area (TPSA) is 27.1 Å². The summed E-state index contributed by atoms with van der Waals surface area (Å²) in [5, 5.41) is 4.40. The SMILES string of the molecule is CCc1cc(COc2ccccc2C#CCCl)n(C)n1. The number of para-hydroxylation sites is 1. The van der Waals surface area contributed by atoms with Gasteiger partial charge in [-0.25, -0.2) is 0 Å². The highest BCUT2D eigenvalue weighted by atomic mass is 35.5. The van der Waals surface area contributed by atoms with Gasteiger partial charge in [-0.2, -0.15) is 5.10 Å². The van der Waals surface area contributed by atoms with Crippen LogP contribution in [0.25, 0.3) is 0 Å². The molecule has 1 aromatic heterocycles. The van der Waals surface area contributed by atoms with Gasteiger partial charge in [0.25, 0.3) is 0 Å². The minimum absolute atomic E-state index is 0.315. The monoisotopic (exact) mass is 288 g/mol. The quantitative estimate of drug-likeness (QED) is 0.638. The molecule has 0 aliphatic heterocycles. The summed E-state index contributed by atoms with van der Waals surface area (Å²) in [4.78, 5) is 0. The molecule has 0 aliphatic carbocycles. The van der Waals surface area contributed by atoms with E-state index in [9.17, 15) is 0 Å². The first-order valence-electron chi connectivity index (χ1n) is 6.53. The molecule has 0 spiro atoms. The van der Waals surface area contributed by atoms with Gasteiger partial charge in [-0.15, -0.1) is 11.6 Å². The Bertz CT molecular complexity index is 637. The van der Waals surface area contributed by atoms with E-state index in [0.29, 0.717) is 12.5 Å². The van der Waals surface area contributed by atoms with Gasteiger partial charge >= 0.3 is 0 Å². The highest BCUT2D eigenvalue weighted by Crippen LogP contribution is 2.18. The van der Waals surface area contributed by atoms with Gasteiger partial charge in [-0.05, 0) is 24.6 Å². The number of halogens is 1. The zero-order valence-electron chi connectivity index (χ0n) is 11.7. The fraction of sp³-hybridized carbons (Fsp3) is 0.312. The van der Waals surface area contributed by atoms with Crippen LogP contribution in [-0.2, 0) is 20.1 Å². The molecule has 0 radical (unpaired) electrons. The predicted octanol–water partition coefficient (Wildman–Crippen LogP) is 3.15. The largest absolute Gasteiger partial charge is 0.486 e. The predicted molar refractivity (Wildman–Crippen MR) is 81.0 cm³/mol. The summed E-state index contributed by atoms with van der Waals surface area (Å²) >= 11 is 5.59. The van der Waals surface area contributed by atoms with Crippen LogP contribution in [0.1, 0.15) is 23.9 Å². The van der Waals surface area contributed by atoms with E-state index in [0.717, 1.165) is 29.1 Å². The molecule has 0 fully saturated rings. The first kappa shape index (κ1) is 14.5. The molecule has 1 aromatic carbocycles. The Balaban J connectivity index is 2.12. The second-order valence-corrected chi connectivity index (χ2v) is 4.59. The molecule has 3 nitrogen and oxygen atoms in total. The van der Waals surface area contributed by atoms with Crippen molar-refractivity contribution >= 4 is 11.6 Å². The van der Waals surface area contributed by atoms with Gasteiger partial charge in [0.15, 0.2) is 0 Å². The maximum absolute atomic E-state index is 5.85. The second kappa shape index (κ2) is 7.02. The molecule has 0 atom stereocenters. The molecular formula is C16H17ClN2O. The number of benzene rings is 1. The molecule has 1 heterocycles. The van der Waals surface area contributed by atoms with Gasteiger partial charge in [0, 0.05) is 7.05 Å². The van der Waals surface area contributed by atoms with Crippen molar-refractivity contribution in [2.45, 2.75) is 20.0 Å². The summed E-state index contributed by atoms with van der Waals surface area (Å²) in [7, 11) is 1.93. The van der Waals surface area contributed by atoms with E-state index in [-0.39, 0.29) is 0 Å². The molecule has 4 heteroatoms. The van der Waals surface area contributed by atoms with Gasteiger partial charge in [0.1, 0.15) is 12.4 Å². The maximum Gasteiger partial charge on any atom is 0.135 e. The van der Waals surface area contributed by atoms with Gasteiger partial charge < -0.3 is 4.74 Å². The van der Waals surface area contributed by atoms with E-state index in [1.165, 1.54) is 0 Å². The van der Waals surface area contributed by atoms with Crippen LogP contribution in [0.4, 0.5) is 0 Å². The summed E-state index contributed by atoms with van der Waals surface area (Å²) in [6, 6.07) is 9.77. The van der Waals surface area contributed by atoms with Gasteiger partial charge in [-0.1, -0.05) is 30.9 Å². The lowest BCUT2D eigenvalue weighted by atomic mass is 10.2. The summed E-state index contributed by atoms with van der Waals surface area (Å²) in [5.41, 5.74) is 2.97. The highest BCUT2D eigenvalue weighted by molar-refractivity contribution is 6.19. The van der Waals surface area contributed by atoms with Crippen molar-refractivity contribution in [2.24, 2.45) is 7.05 Å². The fourth-order valence-electron chi connectivity index (χ4n) is 1.86. The fourth-order valence-corrected chi connectivity index (χ4v) is 1.92. The molecule has 2 rings (SSSR count). The zero-order valence-corrected chi connectivity index (χ0v) is 12.4. The summed E-state index contributed by atoms with van der Waals surface area (Å²) in [5.74, 6) is 6.93. The third-order valence-electron chi connectivity index (χ3n) is 2.94. The molecule has 104 valence electrons. The molecule has 2 aromatic rings. The van der Waals surface area contributed by atoms with Crippen molar-refractivity contribution in [1.29, 1.82) is 0 Å². The van der Waals surface area contributed by atoms with Gasteiger partial charge in [0.2, 0.25) is 0 Å². The number of aromatic nitrogens is 2. The molecule has 0 amide bonds. The van der Waals surface area contributed by atoms with Crippen molar-refractivity contribution in [1.82, 2.24) is 9.78 Å². The van der Waals surface area contributed by atoms with Crippen LogP contribution in [0, 0.1) is 11.8 Å². The molecule has 0 N–H and O–H groups in total. The highest BCUT2D eigenvalue weighted by Gasteiger charge is 2.06. The van der Waals surface area contributed by atoms with Crippen LogP contribution in [0.2, 0.25) is 0 Å². The Morgan fingerprint density at radius 2 is 2.15 bits per heavy atom. The third-order valence-corrected chi connectivity index (χ3v) is 3.08. The molecule has 0 saturated heterocycles. The van der Waals surface area contributed by atoms with Crippen LogP contribution < -0.4 is 4.74 Å². The molecular weight excluding hydrogens is 272 g/mol. The molecule has 0 bridgehead atoms. The lowest BCUT2D eigenvalue weighted by Gasteiger charge is -2.08. The van der Waals surface area contributed by atoms with E-state index in [1.54, 1.807) is 0 Å². The van der Waals surface area contributed by atoms with Crippen LogP contribution in [0.3, 0.4) is 0 Å². The average molecular weight is 289 g/mol. The Hall–Kier alpha value is -1.92. The Kier molecular flexibility index (Phi) is 5.09. The Labute approximate surface area is 124 Å². The van der Waals surface area contributed by atoms with Crippen molar-refractivity contribution < 1.29 is 4.74 Å². The number of nitrogens with zero attached hydrogens (tertiary/aromatic N) is 2. The lowest BCUT2D eigenvalue weighted by Crippen LogP contribution is -2.03. The minimum Gasteiger partial charge on any atom is -0.486 e. The van der Waals surface area contributed by atoms with E-state index >= 15 is 0 Å². The van der Waals surface area contributed by atoms with Crippen LogP contribution in [0.15, 0.2) is 30.3 Å². The van der Waals surface area contributed by atoms with Crippen molar-refractivity contribution in [3.8, 4) is 17.6 Å². The molecule has 20 heavy (non-hydrogen) atoms. The van der Waals surface area contributed by atoms with Crippen LogP contribution in [0.5, 0.6) is 5.75 Å². The van der Waals surface area contributed by atoms with Gasteiger partial charge in [0.05, 0.1) is 22.8 Å². The summed E-state index contributed by atoms with van der Waals surface area (Å²) in [6.45, 7) is 2.56. The molecule has 0 saturated carbocycles. The van der Waals surface area contributed by atoms with Crippen molar-refractivity contribution in [3.05, 3.63) is 47.3 Å². The van der Waals surface area contributed by atoms with Crippen LogP contribution >= 0.6 is 11.6 Å². The lowest BCUT2D eigenvalue weighted by molar-refractivity contribution is 0.294. The molecule has 0 unspecified atom stereocenters. The summed E-state index contributed by atoms with van der Waals surface area (Å²) < 4.78 is 7.71. The normalized spacial score (nSPS) is 9.95. The number of hydrogen-bond acceptors (Lipinski definition) is 2. The number of rotatable bonds is 4. The Morgan fingerprint density at radius 1 is 1.35 bits per heavy atom. The maximum atomic E-state index is 5.85. The molecule has 0 aliphatic rings. The second-order valence-electron chi connectivity index (χ2n) is 4.32. The van der Waals surface area contributed by atoms with Gasteiger partial charge in [-0.3, -0.25) is 4.68 Å². The number of hydrogen-bond donors (Lipinski definition) is 0. The van der Waals surface area contributed by atoms with Crippen LogP contribution in [-0.4, -0.2) is 15.7 Å². The average Bonchev–Trinajstić information content (AvgIpc) is 2.84. The van der Waals surface area contributed by atoms with E-state index in [4.69, 9.17) is 16.3 Å². The number of aryl methyl sites for hydroxylation is 2. The minimum atomic E-state index is 0.315. The third kappa shape index (κ3) is 3.55.